The van der Waals surface area contributed by atoms with Gasteiger partial charge in [0.2, 0.25) is 5.95 Å². The summed E-state index contributed by atoms with van der Waals surface area (Å²) in [7, 11) is 0. The van der Waals surface area contributed by atoms with Crippen LogP contribution in [-0.4, -0.2) is 36.4 Å². The fourth-order valence-corrected chi connectivity index (χ4v) is 2.48. The third-order valence-corrected chi connectivity index (χ3v) is 3.90. The minimum absolute atomic E-state index is 0.0689. The number of nitrogen functional groups attached to an aromatic ring is 1. The maximum absolute atomic E-state index is 9.92. The molecular formula is C18H23N7O. The highest BCUT2D eigenvalue weighted by Crippen LogP contribution is 2.33. The first-order valence-electron chi connectivity index (χ1n) is 8.61. The van der Waals surface area contributed by atoms with E-state index in [9.17, 15) is 5.11 Å². The van der Waals surface area contributed by atoms with Gasteiger partial charge in [-0.05, 0) is 32.4 Å². The number of pyridine rings is 1. The van der Waals surface area contributed by atoms with Gasteiger partial charge < -0.3 is 16.2 Å². The number of rotatable bonds is 6. The van der Waals surface area contributed by atoms with Crippen LogP contribution in [0.2, 0.25) is 0 Å². The summed E-state index contributed by atoms with van der Waals surface area (Å²) in [6.45, 7) is 6.99. The van der Waals surface area contributed by atoms with Crippen molar-refractivity contribution in [2.75, 3.05) is 17.6 Å². The van der Waals surface area contributed by atoms with Gasteiger partial charge in [-0.25, -0.2) is 15.0 Å². The summed E-state index contributed by atoms with van der Waals surface area (Å²) in [5.74, 6) is 0.595. The Morgan fingerprint density at radius 3 is 2.81 bits per heavy atom. The highest BCUT2D eigenvalue weighted by Gasteiger charge is 2.17. The van der Waals surface area contributed by atoms with E-state index in [2.05, 4.69) is 32.3 Å². The van der Waals surface area contributed by atoms with E-state index >= 15 is 0 Å². The van der Waals surface area contributed by atoms with Gasteiger partial charge in [-0.3, -0.25) is 4.68 Å². The summed E-state index contributed by atoms with van der Waals surface area (Å²) in [5, 5.41) is 17.8. The van der Waals surface area contributed by atoms with E-state index in [-0.39, 0.29) is 17.6 Å². The largest absolute Gasteiger partial charge is 0.504 e. The summed E-state index contributed by atoms with van der Waals surface area (Å²) in [6, 6.07) is 3.58. The van der Waals surface area contributed by atoms with Crippen LogP contribution in [0.1, 0.15) is 33.2 Å². The van der Waals surface area contributed by atoms with E-state index < -0.39 is 0 Å². The van der Waals surface area contributed by atoms with Crippen molar-refractivity contribution in [3.63, 3.8) is 0 Å². The number of nitrogens with two attached hydrogens (primary N) is 1. The smallest absolute Gasteiger partial charge is 0.223 e. The van der Waals surface area contributed by atoms with Crippen LogP contribution >= 0.6 is 0 Å². The Morgan fingerprint density at radius 1 is 1.31 bits per heavy atom. The van der Waals surface area contributed by atoms with Gasteiger partial charge in [0.1, 0.15) is 5.69 Å². The number of aromatic hydroxyl groups is 1. The van der Waals surface area contributed by atoms with E-state index in [1.54, 1.807) is 18.5 Å². The molecule has 0 atom stereocenters. The second-order valence-corrected chi connectivity index (χ2v) is 6.29. The predicted octanol–water partition coefficient (Wildman–Crippen LogP) is 3.09. The fourth-order valence-electron chi connectivity index (χ4n) is 2.48. The average molecular weight is 353 g/mol. The minimum Gasteiger partial charge on any atom is -0.504 e. The molecule has 136 valence electrons. The molecule has 0 aliphatic carbocycles. The van der Waals surface area contributed by atoms with E-state index in [4.69, 9.17) is 5.73 Å². The monoisotopic (exact) mass is 353 g/mol. The molecule has 8 nitrogen and oxygen atoms in total. The molecule has 3 rings (SSSR count). The van der Waals surface area contributed by atoms with Gasteiger partial charge in [-0.2, -0.15) is 5.10 Å². The lowest BCUT2D eigenvalue weighted by Crippen LogP contribution is -2.04. The molecule has 0 fully saturated rings. The lowest BCUT2D eigenvalue weighted by molar-refractivity contribution is 0.476. The summed E-state index contributed by atoms with van der Waals surface area (Å²) in [6.07, 6.45) is 6.25. The van der Waals surface area contributed by atoms with E-state index in [0.717, 1.165) is 24.2 Å². The fraction of sp³-hybridized carbons (Fsp3) is 0.333. The molecule has 3 heterocycles. The molecule has 0 radical (unpaired) electrons. The van der Waals surface area contributed by atoms with Gasteiger partial charge in [0.25, 0.3) is 0 Å². The zero-order valence-corrected chi connectivity index (χ0v) is 15.1. The molecular weight excluding hydrogens is 330 g/mol. The number of aromatic nitrogens is 5. The zero-order chi connectivity index (χ0) is 18.7. The van der Waals surface area contributed by atoms with Crippen molar-refractivity contribution in [3.05, 3.63) is 30.7 Å². The Labute approximate surface area is 152 Å². The van der Waals surface area contributed by atoms with Crippen LogP contribution in [0.4, 0.5) is 11.8 Å². The molecule has 0 aliphatic heterocycles. The van der Waals surface area contributed by atoms with Crippen molar-refractivity contribution in [2.24, 2.45) is 0 Å². The summed E-state index contributed by atoms with van der Waals surface area (Å²) in [4.78, 5) is 12.9. The van der Waals surface area contributed by atoms with Crippen LogP contribution < -0.4 is 11.1 Å². The molecule has 0 aliphatic rings. The first-order chi connectivity index (χ1) is 12.5. The van der Waals surface area contributed by atoms with Gasteiger partial charge in [-0.1, -0.05) is 6.92 Å². The second kappa shape index (κ2) is 7.38. The van der Waals surface area contributed by atoms with Gasteiger partial charge in [0.05, 0.1) is 5.69 Å². The van der Waals surface area contributed by atoms with Crippen molar-refractivity contribution in [1.29, 1.82) is 0 Å². The number of nitrogens with zero attached hydrogens (tertiary/aromatic N) is 5. The lowest BCUT2D eigenvalue weighted by atomic mass is 10.1. The standard InChI is InChI=1S/C18H23N7O/c1-4-6-20-18-21-7-5-14(23-18)13-10-25(11(2)3)24-16(13)12-8-15(26)17(19)22-9-12/h5,7-11,26H,4,6H2,1-3H3,(H2,19,22)(H,20,21,23). The van der Waals surface area contributed by atoms with Crippen LogP contribution in [0.25, 0.3) is 22.5 Å². The normalized spacial score (nSPS) is 11.1. The highest BCUT2D eigenvalue weighted by molar-refractivity contribution is 5.79. The van der Waals surface area contributed by atoms with Crippen molar-refractivity contribution >= 4 is 11.8 Å². The number of anilines is 2. The zero-order valence-electron chi connectivity index (χ0n) is 15.1. The van der Waals surface area contributed by atoms with E-state index in [0.29, 0.717) is 17.2 Å². The number of hydrogen-bond acceptors (Lipinski definition) is 7. The van der Waals surface area contributed by atoms with Gasteiger partial charge in [0.15, 0.2) is 11.6 Å². The van der Waals surface area contributed by atoms with Gasteiger partial charge in [0, 0.05) is 42.3 Å². The third kappa shape index (κ3) is 3.58. The number of hydrogen-bond donors (Lipinski definition) is 3. The first kappa shape index (κ1) is 17.7. The van der Waals surface area contributed by atoms with Crippen LogP contribution in [0, 0.1) is 0 Å². The van der Waals surface area contributed by atoms with Crippen molar-refractivity contribution in [2.45, 2.75) is 33.2 Å². The Morgan fingerprint density at radius 2 is 2.12 bits per heavy atom. The van der Waals surface area contributed by atoms with Crippen LogP contribution in [-0.2, 0) is 0 Å². The van der Waals surface area contributed by atoms with E-state index in [1.807, 2.05) is 30.8 Å². The van der Waals surface area contributed by atoms with Crippen molar-refractivity contribution in [1.82, 2.24) is 24.7 Å². The van der Waals surface area contributed by atoms with Crippen LogP contribution in [0.15, 0.2) is 30.7 Å². The van der Waals surface area contributed by atoms with Gasteiger partial charge in [-0.15, -0.1) is 0 Å². The van der Waals surface area contributed by atoms with Crippen molar-refractivity contribution in [3.8, 4) is 28.3 Å². The molecule has 0 spiro atoms. The summed E-state index contributed by atoms with van der Waals surface area (Å²) >= 11 is 0. The molecule has 0 unspecified atom stereocenters. The number of nitrogens with one attached hydrogen (secondary N) is 1. The SMILES string of the molecule is CCCNc1nccc(-c2cn(C(C)C)nc2-c2cnc(N)c(O)c2)n1. The maximum atomic E-state index is 9.92. The molecule has 0 saturated carbocycles. The Kier molecular flexibility index (Phi) is 5.01. The topological polar surface area (TPSA) is 115 Å². The van der Waals surface area contributed by atoms with Crippen molar-refractivity contribution < 1.29 is 5.11 Å². The molecule has 26 heavy (non-hydrogen) atoms. The minimum atomic E-state index is -0.0689. The quantitative estimate of drug-likeness (QED) is 0.623. The van der Waals surface area contributed by atoms with Crippen LogP contribution in [0.3, 0.4) is 0 Å². The molecule has 4 N–H and O–H groups in total. The Bertz CT molecular complexity index is 904. The average Bonchev–Trinajstić information content (AvgIpc) is 3.08. The predicted molar refractivity (Wildman–Crippen MR) is 102 cm³/mol. The van der Waals surface area contributed by atoms with Crippen LogP contribution in [0.5, 0.6) is 5.75 Å². The summed E-state index contributed by atoms with van der Waals surface area (Å²) in [5.41, 5.74) is 8.56. The Hall–Kier alpha value is -3.16. The maximum Gasteiger partial charge on any atom is 0.223 e. The second-order valence-electron chi connectivity index (χ2n) is 6.29. The molecule has 0 amide bonds. The molecule has 3 aromatic rings. The summed E-state index contributed by atoms with van der Waals surface area (Å²) < 4.78 is 1.86. The third-order valence-electron chi connectivity index (χ3n) is 3.90. The highest BCUT2D eigenvalue weighted by atomic mass is 16.3. The van der Waals surface area contributed by atoms with Gasteiger partial charge >= 0.3 is 0 Å². The molecule has 0 aromatic carbocycles. The molecule has 0 bridgehead atoms. The lowest BCUT2D eigenvalue weighted by Gasteiger charge is -2.06. The Balaban J connectivity index is 2.10. The first-order valence-corrected chi connectivity index (χ1v) is 8.61. The molecule has 0 saturated heterocycles. The molecule has 3 aromatic heterocycles. The molecule has 8 heteroatoms. The van der Waals surface area contributed by atoms with E-state index in [1.165, 1.54) is 0 Å².